The zero-order chi connectivity index (χ0) is 23.2. The first kappa shape index (κ1) is 20.6. The first-order valence-corrected chi connectivity index (χ1v) is 9.94. The molecule has 0 unspecified atom stereocenters. The van der Waals surface area contributed by atoms with E-state index in [9.17, 15) is 18.0 Å². The Labute approximate surface area is 184 Å². The number of benzene rings is 2. The van der Waals surface area contributed by atoms with Gasteiger partial charge in [-0.1, -0.05) is 12.1 Å². The van der Waals surface area contributed by atoms with E-state index in [1.807, 2.05) is 6.07 Å². The number of nitrogen functional groups attached to an aromatic ring is 1. The van der Waals surface area contributed by atoms with Crippen LogP contribution in [0.15, 0.2) is 61.1 Å². The number of nitrogens with one attached hydrogen (secondary N) is 3. The lowest BCUT2D eigenvalue weighted by molar-refractivity contribution is -0.137. The topological polar surface area (TPSA) is 112 Å². The lowest BCUT2D eigenvalue weighted by atomic mass is 9.99. The molecule has 5 N–H and O–H groups in total. The van der Waals surface area contributed by atoms with Crippen LogP contribution in [0.1, 0.15) is 21.5 Å². The summed E-state index contributed by atoms with van der Waals surface area (Å²) in [6.07, 6.45) is 0.590. The van der Waals surface area contributed by atoms with Gasteiger partial charge in [0, 0.05) is 29.1 Å². The number of nitrogens with two attached hydrogens (primary N) is 1. The predicted octanol–water partition coefficient (Wildman–Crippen LogP) is 4.64. The van der Waals surface area contributed by atoms with Crippen molar-refractivity contribution in [3.05, 3.63) is 77.7 Å². The van der Waals surface area contributed by atoms with Gasteiger partial charge in [0.2, 0.25) is 0 Å². The van der Waals surface area contributed by atoms with E-state index < -0.39 is 17.6 Å². The molecule has 3 heterocycles. The van der Waals surface area contributed by atoms with Crippen LogP contribution in [0.3, 0.4) is 0 Å². The summed E-state index contributed by atoms with van der Waals surface area (Å²) in [5.41, 5.74) is 8.65. The number of hydrogen-bond acceptors (Lipinski definition) is 4. The third-order valence-corrected chi connectivity index (χ3v) is 5.40. The number of pyridine rings is 1. The summed E-state index contributed by atoms with van der Waals surface area (Å²) in [5.74, 6) is -0.0728. The highest BCUT2D eigenvalue weighted by Crippen LogP contribution is 2.33. The van der Waals surface area contributed by atoms with E-state index >= 15 is 0 Å². The molecule has 5 aromatic rings. The number of rotatable bonds is 4. The Hall–Kier alpha value is -4.34. The molecular weight excluding hydrogens is 433 g/mol. The molecule has 0 saturated carbocycles. The number of carbonyl (C=O) groups is 1. The van der Waals surface area contributed by atoms with Gasteiger partial charge in [0.25, 0.3) is 5.91 Å². The van der Waals surface area contributed by atoms with Gasteiger partial charge < -0.3 is 16.0 Å². The van der Waals surface area contributed by atoms with Crippen molar-refractivity contribution in [2.75, 3.05) is 5.73 Å². The maximum absolute atomic E-state index is 13.0. The maximum atomic E-state index is 13.0. The largest absolute Gasteiger partial charge is 0.416 e. The molecule has 0 atom stereocenters. The number of halogens is 3. The molecule has 7 nitrogen and oxygen atoms in total. The quantitative estimate of drug-likeness (QED) is 0.320. The molecule has 5 rings (SSSR count). The Morgan fingerprint density at radius 2 is 1.97 bits per heavy atom. The standard InChI is InChI=1S/C23H17F3N6O/c24-23(25,26)15-3-1-2-12(4-15)8-30-22(33)17-6-13(5-14-9-31-32-21(14)17)18-10-28-19-11-29-20(27)7-16(18)19/h1-7,9-11,28H,8H2,(H2,27,29)(H,30,33)(H,31,32). The molecule has 0 radical (unpaired) electrons. The Kier molecular flexibility index (Phi) is 4.77. The number of amides is 1. The van der Waals surface area contributed by atoms with Gasteiger partial charge in [0.15, 0.2) is 0 Å². The molecule has 0 aliphatic rings. The number of fused-ring (bicyclic) bond motifs is 2. The van der Waals surface area contributed by atoms with Gasteiger partial charge in [-0.15, -0.1) is 0 Å². The summed E-state index contributed by atoms with van der Waals surface area (Å²) in [4.78, 5) is 20.2. The van der Waals surface area contributed by atoms with Crippen LogP contribution in [0.4, 0.5) is 19.0 Å². The average Bonchev–Trinajstić information content (AvgIpc) is 3.43. The van der Waals surface area contributed by atoms with Crippen LogP contribution in [0, 0.1) is 0 Å². The van der Waals surface area contributed by atoms with Crippen molar-refractivity contribution < 1.29 is 18.0 Å². The third-order valence-electron chi connectivity index (χ3n) is 5.40. The predicted molar refractivity (Wildman–Crippen MR) is 118 cm³/mol. The SMILES string of the molecule is Nc1cc2c(-c3cc(C(=O)NCc4cccc(C(F)(F)F)c4)c4[nH]ncc4c3)c[nH]c2cn1. The molecule has 166 valence electrons. The summed E-state index contributed by atoms with van der Waals surface area (Å²) >= 11 is 0. The molecule has 33 heavy (non-hydrogen) atoms. The molecule has 0 spiro atoms. The summed E-state index contributed by atoms with van der Waals surface area (Å²) in [6, 6.07) is 10.2. The second-order valence-corrected chi connectivity index (χ2v) is 7.60. The van der Waals surface area contributed by atoms with Gasteiger partial charge in [-0.3, -0.25) is 9.89 Å². The fourth-order valence-corrected chi connectivity index (χ4v) is 3.80. The zero-order valence-corrected chi connectivity index (χ0v) is 17.0. The summed E-state index contributed by atoms with van der Waals surface area (Å²) in [5, 5.41) is 11.1. The van der Waals surface area contributed by atoms with Crippen LogP contribution in [0.25, 0.3) is 32.9 Å². The van der Waals surface area contributed by atoms with Crippen LogP contribution in [-0.4, -0.2) is 26.1 Å². The number of aromatic amines is 2. The minimum atomic E-state index is -4.45. The second-order valence-electron chi connectivity index (χ2n) is 7.60. The Morgan fingerprint density at radius 1 is 1.12 bits per heavy atom. The number of H-pyrrole nitrogens is 2. The molecule has 0 bridgehead atoms. The van der Waals surface area contributed by atoms with Crippen LogP contribution in [0.2, 0.25) is 0 Å². The van der Waals surface area contributed by atoms with Crippen molar-refractivity contribution in [3.8, 4) is 11.1 Å². The second kappa shape index (κ2) is 7.66. The average molecular weight is 450 g/mol. The monoisotopic (exact) mass is 450 g/mol. The van der Waals surface area contributed by atoms with Crippen molar-refractivity contribution in [2.45, 2.75) is 12.7 Å². The zero-order valence-electron chi connectivity index (χ0n) is 17.0. The summed E-state index contributed by atoms with van der Waals surface area (Å²) < 4.78 is 38.9. The highest BCUT2D eigenvalue weighted by atomic mass is 19.4. The van der Waals surface area contributed by atoms with Gasteiger partial charge in [-0.25, -0.2) is 4.98 Å². The summed E-state index contributed by atoms with van der Waals surface area (Å²) in [7, 11) is 0. The van der Waals surface area contributed by atoms with E-state index in [0.717, 1.165) is 34.2 Å². The van der Waals surface area contributed by atoms with Crippen molar-refractivity contribution in [2.24, 2.45) is 0 Å². The van der Waals surface area contributed by atoms with E-state index in [1.54, 1.807) is 30.7 Å². The van der Waals surface area contributed by atoms with Crippen molar-refractivity contribution >= 4 is 33.5 Å². The molecule has 10 heteroatoms. The van der Waals surface area contributed by atoms with Crippen LogP contribution in [0.5, 0.6) is 0 Å². The number of alkyl halides is 3. The van der Waals surface area contributed by atoms with E-state index in [1.165, 1.54) is 12.1 Å². The smallest absolute Gasteiger partial charge is 0.384 e. The number of carbonyl (C=O) groups excluding carboxylic acids is 1. The molecule has 0 aliphatic carbocycles. The molecular formula is C23H17F3N6O. The van der Waals surface area contributed by atoms with E-state index in [-0.39, 0.29) is 6.54 Å². The third kappa shape index (κ3) is 3.86. The minimum Gasteiger partial charge on any atom is -0.384 e. The van der Waals surface area contributed by atoms with Gasteiger partial charge >= 0.3 is 6.18 Å². The number of hydrogen-bond donors (Lipinski definition) is 4. The Balaban J connectivity index is 1.49. The maximum Gasteiger partial charge on any atom is 0.416 e. The fraction of sp³-hybridized carbons (Fsp3) is 0.0870. The van der Waals surface area contributed by atoms with Crippen LogP contribution >= 0.6 is 0 Å². The molecule has 0 fully saturated rings. The lowest BCUT2D eigenvalue weighted by Gasteiger charge is -2.11. The lowest BCUT2D eigenvalue weighted by Crippen LogP contribution is -2.23. The number of aromatic nitrogens is 4. The normalized spacial score (nSPS) is 11.8. The van der Waals surface area contributed by atoms with E-state index in [4.69, 9.17) is 5.73 Å². The van der Waals surface area contributed by atoms with Gasteiger partial charge in [-0.05, 0) is 41.5 Å². The summed E-state index contributed by atoms with van der Waals surface area (Å²) in [6.45, 7) is -0.0576. The van der Waals surface area contributed by atoms with E-state index in [0.29, 0.717) is 27.8 Å². The molecule has 3 aromatic heterocycles. The van der Waals surface area contributed by atoms with Crippen molar-refractivity contribution in [1.29, 1.82) is 0 Å². The van der Waals surface area contributed by atoms with Gasteiger partial charge in [0.1, 0.15) is 5.82 Å². The van der Waals surface area contributed by atoms with E-state index in [2.05, 4.69) is 25.5 Å². The van der Waals surface area contributed by atoms with Gasteiger partial charge in [-0.2, -0.15) is 18.3 Å². The van der Waals surface area contributed by atoms with Gasteiger partial charge in [0.05, 0.1) is 34.6 Å². The Morgan fingerprint density at radius 3 is 2.79 bits per heavy atom. The Bertz CT molecular complexity index is 1500. The minimum absolute atomic E-state index is 0.0576. The van der Waals surface area contributed by atoms with Crippen LogP contribution in [-0.2, 0) is 12.7 Å². The molecule has 0 aliphatic heterocycles. The highest BCUT2D eigenvalue weighted by molar-refractivity contribution is 6.08. The van der Waals surface area contributed by atoms with Crippen molar-refractivity contribution in [3.63, 3.8) is 0 Å². The van der Waals surface area contributed by atoms with Crippen molar-refractivity contribution in [1.82, 2.24) is 25.5 Å². The highest BCUT2D eigenvalue weighted by Gasteiger charge is 2.30. The number of nitrogens with zero attached hydrogens (tertiary/aromatic N) is 2. The molecule has 0 saturated heterocycles. The molecule has 2 aromatic carbocycles. The van der Waals surface area contributed by atoms with Crippen LogP contribution < -0.4 is 11.1 Å². The number of anilines is 1. The first-order valence-electron chi connectivity index (χ1n) is 9.94. The fourth-order valence-electron chi connectivity index (χ4n) is 3.80. The first-order chi connectivity index (χ1) is 15.8. The molecule has 1 amide bonds.